The summed E-state index contributed by atoms with van der Waals surface area (Å²) in [4.78, 5) is 2.45. The van der Waals surface area contributed by atoms with Gasteiger partial charge in [-0.05, 0) is 25.7 Å². The van der Waals surface area contributed by atoms with Gasteiger partial charge in [0.1, 0.15) is 0 Å². The Labute approximate surface area is 92.4 Å². The Hall–Kier alpha value is -0.120. The van der Waals surface area contributed by atoms with Gasteiger partial charge in [-0.2, -0.15) is 0 Å². The van der Waals surface area contributed by atoms with Gasteiger partial charge in [-0.3, -0.25) is 4.90 Å². The molecule has 3 heteroatoms. The van der Waals surface area contributed by atoms with E-state index in [0.29, 0.717) is 12.0 Å². The standard InChI is InChI=1S/C12H23NO2/c1-10-8-13(6-7-15-10)9-11-4-2-3-5-12(11)14/h10-12,14H,2-9H2,1H3. The molecular formula is C12H23NO2. The van der Waals surface area contributed by atoms with E-state index in [1.807, 2.05) is 0 Å². The number of aliphatic hydroxyl groups is 1. The van der Waals surface area contributed by atoms with Crippen molar-refractivity contribution in [1.82, 2.24) is 4.90 Å². The predicted octanol–water partition coefficient (Wildman–Crippen LogP) is 1.26. The van der Waals surface area contributed by atoms with Crippen molar-refractivity contribution < 1.29 is 9.84 Å². The third-order valence-corrected chi connectivity index (χ3v) is 3.69. The Morgan fingerprint density at radius 3 is 2.87 bits per heavy atom. The second-order valence-electron chi connectivity index (χ2n) is 5.05. The minimum atomic E-state index is -0.0584. The van der Waals surface area contributed by atoms with E-state index in [0.717, 1.165) is 32.7 Å². The van der Waals surface area contributed by atoms with Crippen molar-refractivity contribution in [3.8, 4) is 0 Å². The Morgan fingerprint density at radius 2 is 2.13 bits per heavy atom. The molecule has 0 radical (unpaired) electrons. The molecule has 1 aliphatic heterocycles. The maximum atomic E-state index is 9.91. The molecule has 0 aromatic rings. The van der Waals surface area contributed by atoms with Crippen molar-refractivity contribution in [3.05, 3.63) is 0 Å². The molecule has 0 bridgehead atoms. The lowest BCUT2D eigenvalue weighted by Gasteiger charge is -2.36. The van der Waals surface area contributed by atoms with Crippen molar-refractivity contribution in [2.45, 2.75) is 44.8 Å². The highest BCUT2D eigenvalue weighted by Gasteiger charge is 2.26. The van der Waals surface area contributed by atoms with Crippen molar-refractivity contribution in [2.24, 2.45) is 5.92 Å². The quantitative estimate of drug-likeness (QED) is 0.749. The zero-order valence-electron chi connectivity index (χ0n) is 9.69. The number of rotatable bonds is 2. The molecule has 1 aliphatic carbocycles. The molecule has 88 valence electrons. The van der Waals surface area contributed by atoms with E-state index in [1.54, 1.807) is 0 Å². The molecular weight excluding hydrogens is 190 g/mol. The number of hydrogen-bond donors (Lipinski definition) is 1. The van der Waals surface area contributed by atoms with E-state index in [-0.39, 0.29) is 6.10 Å². The Morgan fingerprint density at radius 1 is 1.33 bits per heavy atom. The molecule has 0 aromatic carbocycles. The fraction of sp³-hybridized carbons (Fsp3) is 1.00. The SMILES string of the molecule is CC1CN(CC2CCCCC2O)CCO1. The molecule has 2 fully saturated rings. The topological polar surface area (TPSA) is 32.7 Å². The van der Waals surface area contributed by atoms with Crippen LogP contribution < -0.4 is 0 Å². The molecule has 2 rings (SSSR count). The Bertz CT molecular complexity index is 198. The van der Waals surface area contributed by atoms with Crippen LogP contribution >= 0.6 is 0 Å². The first kappa shape index (κ1) is 11.4. The lowest BCUT2D eigenvalue weighted by Crippen LogP contribution is -2.45. The largest absolute Gasteiger partial charge is 0.393 e. The van der Waals surface area contributed by atoms with Gasteiger partial charge >= 0.3 is 0 Å². The number of ether oxygens (including phenoxy) is 1. The van der Waals surface area contributed by atoms with Crippen molar-refractivity contribution in [1.29, 1.82) is 0 Å². The first-order chi connectivity index (χ1) is 7.25. The summed E-state index contributed by atoms with van der Waals surface area (Å²) >= 11 is 0. The van der Waals surface area contributed by atoms with Crippen LogP contribution in [0.25, 0.3) is 0 Å². The van der Waals surface area contributed by atoms with Crippen LogP contribution in [0.3, 0.4) is 0 Å². The normalized spacial score (nSPS) is 39.2. The van der Waals surface area contributed by atoms with E-state index in [9.17, 15) is 5.11 Å². The summed E-state index contributed by atoms with van der Waals surface area (Å²) in [7, 11) is 0. The lowest BCUT2D eigenvalue weighted by molar-refractivity contribution is -0.0366. The van der Waals surface area contributed by atoms with Crippen LogP contribution in [0.5, 0.6) is 0 Å². The molecule has 15 heavy (non-hydrogen) atoms. The maximum absolute atomic E-state index is 9.91. The fourth-order valence-electron chi connectivity index (χ4n) is 2.79. The Balaban J connectivity index is 1.79. The second-order valence-corrected chi connectivity index (χ2v) is 5.05. The van der Waals surface area contributed by atoms with Crippen molar-refractivity contribution in [2.75, 3.05) is 26.2 Å². The molecule has 0 spiro atoms. The summed E-state index contributed by atoms with van der Waals surface area (Å²) in [5.41, 5.74) is 0. The minimum Gasteiger partial charge on any atom is -0.393 e. The number of hydrogen-bond acceptors (Lipinski definition) is 3. The van der Waals surface area contributed by atoms with Crippen LogP contribution in [0.1, 0.15) is 32.6 Å². The van der Waals surface area contributed by atoms with E-state index in [4.69, 9.17) is 4.74 Å². The summed E-state index contributed by atoms with van der Waals surface area (Å²) < 4.78 is 5.52. The summed E-state index contributed by atoms with van der Waals surface area (Å²) in [6.45, 7) is 6.11. The van der Waals surface area contributed by atoms with Crippen LogP contribution in [-0.4, -0.2) is 48.5 Å². The molecule has 3 nitrogen and oxygen atoms in total. The molecule has 0 amide bonds. The number of aliphatic hydroxyl groups excluding tert-OH is 1. The highest BCUT2D eigenvalue weighted by molar-refractivity contribution is 4.79. The van der Waals surface area contributed by atoms with Gasteiger partial charge in [0, 0.05) is 19.6 Å². The molecule has 1 heterocycles. The summed E-state index contributed by atoms with van der Waals surface area (Å²) in [6.07, 6.45) is 5.01. The van der Waals surface area contributed by atoms with Crippen LogP contribution in [0.4, 0.5) is 0 Å². The predicted molar refractivity (Wildman–Crippen MR) is 59.8 cm³/mol. The highest BCUT2D eigenvalue weighted by Crippen LogP contribution is 2.25. The average molecular weight is 213 g/mol. The molecule has 2 aliphatic rings. The summed E-state index contributed by atoms with van der Waals surface area (Å²) in [6, 6.07) is 0. The molecule has 1 N–H and O–H groups in total. The fourth-order valence-corrected chi connectivity index (χ4v) is 2.79. The maximum Gasteiger partial charge on any atom is 0.0674 e. The van der Waals surface area contributed by atoms with Gasteiger partial charge < -0.3 is 9.84 Å². The lowest BCUT2D eigenvalue weighted by atomic mass is 9.86. The second kappa shape index (κ2) is 5.28. The van der Waals surface area contributed by atoms with Gasteiger partial charge in [0.15, 0.2) is 0 Å². The first-order valence-corrected chi connectivity index (χ1v) is 6.27. The van der Waals surface area contributed by atoms with E-state index in [2.05, 4.69) is 11.8 Å². The smallest absolute Gasteiger partial charge is 0.0674 e. The van der Waals surface area contributed by atoms with Gasteiger partial charge in [0.25, 0.3) is 0 Å². The van der Waals surface area contributed by atoms with Gasteiger partial charge in [-0.1, -0.05) is 12.8 Å². The molecule has 1 saturated heterocycles. The molecule has 3 unspecified atom stereocenters. The van der Waals surface area contributed by atoms with Crippen LogP contribution in [0.15, 0.2) is 0 Å². The third-order valence-electron chi connectivity index (χ3n) is 3.69. The van der Waals surface area contributed by atoms with Gasteiger partial charge in [0.2, 0.25) is 0 Å². The molecule has 1 saturated carbocycles. The van der Waals surface area contributed by atoms with Gasteiger partial charge in [-0.15, -0.1) is 0 Å². The van der Waals surface area contributed by atoms with Crippen molar-refractivity contribution in [3.63, 3.8) is 0 Å². The zero-order valence-corrected chi connectivity index (χ0v) is 9.69. The van der Waals surface area contributed by atoms with Crippen LogP contribution in [-0.2, 0) is 4.74 Å². The van der Waals surface area contributed by atoms with Gasteiger partial charge in [0.05, 0.1) is 18.8 Å². The average Bonchev–Trinajstić information content (AvgIpc) is 2.22. The highest BCUT2D eigenvalue weighted by atomic mass is 16.5. The monoisotopic (exact) mass is 213 g/mol. The third kappa shape index (κ3) is 3.16. The van der Waals surface area contributed by atoms with Crippen LogP contribution in [0.2, 0.25) is 0 Å². The van der Waals surface area contributed by atoms with Crippen molar-refractivity contribution >= 4 is 0 Å². The molecule has 0 aromatic heterocycles. The number of nitrogens with zero attached hydrogens (tertiary/aromatic N) is 1. The zero-order chi connectivity index (χ0) is 10.7. The van der Waals surface area contributed by atoms with E-state index >= 15 is 0 Å². The van der Waals surface area contributed by atoms with E-state index < -0.39 is 0 Å². The summed E-state index contributed by atoms with van der Waals surface area (Å²) in [5, 5.41) is 9.91. The summed E-state index contributed by atoms with van der Waals surface area (Å²) in [5.74, 6) is 0.504. The van der Waals surface area contributed by atoms with Crippen LogP contribution in [0, 0.1) is 5.92 Å². The minimum absolute atomic E-state index is 0.0584. The van der Waals surface area contributed by atoms with E-state index in [1.165, 1.54) is 19.3 Å². The first-order valence-electron chi connectivity index (χ1n) is 6.27. The molecule has 3 atom stereocenters. The van der Waals surface area contributed by atoms with Gasteiger partial charge in [-0.25, -0.2) is 0 Å². The Kier molecular flexibility index (Phi) is 4.00. The number of morpholine rings is 1.